The number of methoxy groups -OCH3 is 2. The summed E-state index contributed by atoms with van der Waals surface area (Å²) in [5.74, 6) is -3.94. The first-order valence-electron chi connectivity index (χ1n) is 36.6. The number of likely N-dealkylation sites (tertiary alicyclic amines) is 2. The molecule has 4 fully saturated rings. The third kappa shape index (κ3) is 18.9. The van der Waals surface area contributed by atoms with E-state index in [1.54, 1.807) is 95.6 Å². The Morgan fingerprint density at radius 2 is 1.00 bits per heavy atom. The number of pyridine rings is 2. The fraction of sp³-hybridized carbons (Fsp3) is 0.625. The van der Waals surface area contributed by atoms with Gasteiger partial charge in [0.15, 0.2) is 11.6 Å². The minimum atomic E-state index is -1.23. The van der Waals surface area contributed by atoms with Crippen molar-refractivity contribution in [1.29, 1.82) is 0 Å². The number of aliphatic hydroxyl groups is 2. The van der Waals surface area contributed by atoms with E-state index < -0.39 is 105 Å². The number of ether oxygens (including phenoxy) is 7. The normalized spacial score (nSPS) is 25.7. The molecule has 2 unspecified atom stereocenters. The number of carboxylic acids is 1. The Bertz CT molecular complexity index is 3900. The van der Waals surface area contributed by atoms with Crippen LogP contribution in [0.3, 0.4) is 0 Å². The van der Waals surface area contributed by atoms with E-state index in [2.05, 4.69) is 19.9 Å². The van der Waals surface area contributed by atoms with Gasteiger partial charge in [0, 0.05) is 72.3 Å². The largest absolute Gasteiger partial charge is 1.00 e. The Morgan fingerprint density at radius 1 is 0.606 bits per heavy atom. The second-order valence-corrected chi connectivity index (χ2v) is 31.5. The van der Waals surface area contributed by atoms with Crippen LogP contribution in [0.1, 0.15) is 226 Å². The van der Waals surface area contributed by atoms with Crippen molar-refractivity contribution in [3.8, 4) is 23.0 Å². The predicted octanol–water partition coefficient (Wildman–Crippen LogP) is 9.83. The molecular formula is C80H109LiN4O19. The fourth-order valence-electron chi connectivity index (χ4n) is 15.6. The Morgan fingerprint density at radius 3 is 1.38 bits per heavy atom. The second-order valence-electron chi connectivity index (χ2n) is 31.5. The predicted molar refractivity (Wildman–Crippen MR) is 385 cm³/mol. The zero-order valence-electron chi connectivity index (χ0n) is 63.9. The molecule has 10 rings (SSSR count). The minimum absolute atomic E-state index is 0. The number of aliphatic hydroxyl groups excluding tert-OH is 2. The molecule has 2 saturated carbocycles. The molecule has 24 heteroatoms. The zero-order valence-corrected chi connectivity index (χ0v) is 63.9. The van der Waals surface area contributed by atoms with Gasteiger partial charge in [-0.15, -0.1) is 0 Å². The van der Waals surface area contributed by atoms with Gasteiger partial charge in [0.2, 0.25) is 11.8 Å². The number of nitrogens with zero attached hydrogens (tertiary/aromatic N) is 4. The molecule has 2 aromatic carbocycles. The summed E-state index contributed by atoms with van der Waals surface area (Å²) in [5.41, 5.74) is -2.31. The van der Waals surface area contributed by atoms with Gasteiger partial charge in [0.25, 0.3) is 0 Å². The van der Waals surface area contributed by atoms with Crippen molar-refractivity contribution >= 4 is 69.1 Å². The summed E-state index contributed by atoms with van der Waals surface area (Å²) in [6.07, 6.45) is 14.9. The molecule has 564 valence electrons. The summed E-state index contributed by atoms with van der Waals surface area (Å²) < 4.78 is 40.9. The van der Waals surface area contributed by atoms with Crippen LogP contribution in [0, 0.1) is 48.3 Å². The Balaban J connectivity index is 0.000000286. The summed E-state index contributed by atoms with van der Waals surface area (Å²) in [6, 6.07) is 8.93. The third-order valence-corrected chi connectivity index (χ3v) is 20.9. The number of hydrogen-bond acceptors (Lipinski definition) is 20. The average Bonchev–Trinajstić information content (AvgIpc) is 1.48. The maximum atomic E-state index is 14.5. The number of carboxylic acid groups (broad SMARTS) is 1. The molecule has 12 atom stereocenters. The van der Waals surface area contributed by atoms with Gasteiger partial charge in [-0.3, -0.25) is 38.4 Å². The van der Waals surface area contributed by atoms with Crippen LogP contribution in [0.4, 0.5) is 0 Å². The molecule has 0 radical (unpaired) electrons. The number of carbonyl (C=O) groups excluding carboxylic acids is 7. The number of allylic oxidation sites excluding steroid dienone is 4. The molecule has 104 heavy (non-hydrogen) atoms. The number of amides is 2. The van der Waals surface area contributed by atoms with Crippen LogP contribution < -0.4 is 37.8 Å². The van der Waals surface area contributed by atoms with Crippen molar-refractivity contribution in [2.75, 3.05) is 33.9 Å². The number of Topliss-reactive ketones (excluding diaryl/α,β-unsaturated/α-hetero) is 2. The molecule has 2 amide bonds. The summed E-state index contributed by atoms with van der Waals surface area (Å²) >= 11 is 0. The van der Waals surface area contributed by atoms with Crippen LogP contribution in [0.25, 0.3) is 21.8 Å². The minimum Gasteiger partial charge on any atom is -0.870 e. The van der Waals surface area contributed by atoms with Gasteiger partial charge < -0.3 is 63.8 Å². The molecule has 0 bridgehead atoms. The number of aryl methyl sites for hydroxylation is 2. The van der Waals surface area contributed by atoms with E-state index in [1.165, 1.54) is 9.80 Å². The monoisotopic (exact) mass is 1440 g/mol. The number of ketones is 2. The topological polar surface area (TPSA) is 324 Å². The zero-order chi connectivity index (χ0) is 74.6. The Kier molecular flexibility index (Phi) is 27.4. The van der Waals surface area contributed by atoms with Crippen molar-refractivity contribution in [2.24, 2.45) is 34.5 Å². The third-order valence-electron chi connectivity index (χ3n) is 20.9. The molecular weight excluding hydrogens is 1330 g/mol. The number of aromatic nitrogens is 2. The first-order valence-corrected chi connectivity index (χ1v) is 36.6. The van der Waals surface area contributed by atoms with Crippen LogP contribution in [-0.2, 0) is 52.6 Å². The smallest absolute Gasteiger partial charge is 0.870 e. The number of benzene rings is 2. The summed E-state index contributed by atoms with van der Waals surface area (Å²) in [7, 11) is 3.13. The summed E-state index contributed by atoms with van der Waals surface area (Å²) in [4.78, 5) is 121. The van der Waals surface area contributed by atoms with E-state index in [4.69, 9.17) is 43.1 Å². The number of rotatable bonds is 27. The van der Waals surface area contributed by atoms with Crippen LogP contribution in [0.15, 0.2) is 60.7 Å². The van der Waals surface area contributed by atoms with Crippen LogP contribution in [0.5, 0.6) is 23.0 Å². The Hall–Kier alpha value is -7.42. The van der Waals surface area contributed by atoms with Gasteiger partial charge in [-0.1, -0.05) is 77.7 Å². The molecule has 4 aromatic rings. The number of esters is 3. The van der Waals surface area contributed by atoms with E-state index in [1.807, 2.05) is 49.4 Å². The number of carbonyl (C=O) groups is 8. The maximum Gasteiger partial charge on any atom is 1.00 e. The molecule has 2 spiro atoms. The SMILES string of the molecule is CCCCC/C=C\[C@@H]1C[C@]1(CC(=O)[C@@H]1C[C@]2(CC(O)c3c(c(C)nc4ccc(OC)cc34)O2)CN1C(=O)[C@H](C)CC(=O)OC(C)(C)C)C(=O)O.CCCCC/C=C\[C@@H]1C[C@]1(CC(=O)[C@@H]1C[C@]2(CC(O)c3c(c(C)nc4ccc(OC)cc34)O2)CN1C(=O)[C@H](C)CC(=O)OC(C)(C)C)C(=O)OCC.[Li+].[OH-]. The number of unbranched alkanes of at least 4 members (excludes halogenated alkanes) is 6. The number of aliphatic carboxylic acids is 1. The average molecular weight is 1440 g/mol. The first kappa shape index (κ1) is 83.8. The van der Waals surface area contributed by atoms with E-state index in [-0.39, 0.29) is 119 Å². The molecule has 6 heterocycles. The van der Waals surface area contributed by atoms with E-state index >= 15 is 0 Å². The maximum absolute atomic E-state index is 14.5. The number of fused-ring (bicyclic) bond motifs is 6. The van der Waals surface area contributed by atoms with E-state index in [0.717, 1.165) is 51.4 Å². The molecule has 4 N–H and O–H groups in total. The molecule has 6 aliphatic rings. The van der Waals surface area contributed by atoms with Crippen molar-refractivity contribution < 1.29 is 111 Å². The molecule has 2 aromatic heterocycles. The molecule has 2 saturated heterocycles. The van der Waals surface area contributed by atoms with E-state index in [0.29, 0.717) is 80.2 Å². The Labute approximate surface area is 623 Å². The number of hydrogen-bond donors (Lipinski definition) is 3. The van der Waals surface area contributed by atoms with Crippen molar-refractivity contribution in [3.63, 3.8) is 0 Å². The first-order chi connectivity index (χ1) is 48.1. The molecule has 23 nitrogen and oxygen atoms in total. The van der Waals surface area contributed by atoms with Gasteiger partial charge in [-0.05, 0) is 149 Å². The van der Waals surface area contributed by atoms with Crippen LogP contribution in [-0.4, -0.2) is 156 Å². The van der Waals surface area contributed by atoms with Crippen molar-refractivity contribution in [1.82, 2.24) is 19.8 Å². The van der Waals surface area contributed by atoms with Gasteiger partial charge >= 0.3 is 42.7 Å². The fourth-order valence-corrected chi connectivity index (χ4v) is 15.6. The van der Waals surface area contributed by atoms with Gasteiger partial charge in [-0.2, -0.15) is 0 Å². The van der Waals surface area contributed by atoms with Gasteiger partial charge in [0.1, 0.15) is 45.4 Å². The second kappa shape index (κ2) is 34.0. The van der Waals surface area contributed by atoms with Gasteiger partial charge in [0.05, 0.1) is 104 Å². The summed E-state index contributed by atoms with van der Waals surface area (Å²) in [6.45, 7) is 23.6. The summed E-state index contributed by atoms with van der Waals surface area (Å²) in [5, 5.41) is 35.2. The van der Waals surface area contributed by atoms with Crippen molar-refractivity contribution in [2.45, 2.75) is 252 Å². The van der Waals surface area contributed by atoms with E-state index in [9.17, 15) is 53.7 Å². The van der Waals surface area contributed by atoms with Crippen LogP contribution >= 0.6 is 0 Å². The quantitative estimate of drug-likeness (QED) is 0.0164. The van der Waals surface area contributed by atoms with Gasteiger partial charge in [-0.25, -0.2) is 9.97 Å². The molecule has 4 aliphatic heterocycles. The standard InChI is InChI=1S/C41H56N2O9.C39H52N2O9.Li.H2O/c1-9-11-12-13-14-15-27-20-41(27,38(48)50-10-2)23-32(44)31-21-40(24-43(31)37(47)25(3)18-34(46)51-39(5,6)7)22-33(45)35-29-19-28(49-8)16-17-30(29)42-26(4)36(35)52-40;1-8-9-10-11-12-13-25-18-39(25,36(46)47)21-30(42)29-19-38(22-41(29)35(45)23(2)16-32(44)49-37(4,5)6)20-31(43)33-27-17-26(48-7)14-15-28(27)40-24(3)34(33)50-38;;/h14-17,19,25,27,31,33,45H,9-13,18,20-24H2,1-8H3;12-15,17,23,25,29,31,43H,8-11,16,18-22H2,1-7H3,(H,46,47);;1H2/q;;+1;/p-1/b15-14-;13-12-;;/t25-,27-,31+,33?,40+,41-;23-,25-,29+,31?,38+,39-;;/m11../s1. The van der Waals surface area contributed by atoms with Crippen LogP contribution in [0.2, 0.25) is 0 Å². The molecule has 2 aliphatic carbocycles. The van der Waals surface area contributed by atoms with Crippen molar-refractivity contribution in [3.05, 3.63) is 83.2 Å².